The van der Waals surface area contributed by atoms with Gasteiger partial charge in [0.25, 0.3) is 5.91 Å². The van der Waals surface area contributed by atoms with E-state index in [2.05, 4.69) is 31.0 Å². The molecule has 4 rings (SSSR count). The van der Waals surface area contributed by atoms with Crippen molar-refractivity contribution in [2.45, 2.75) is 19.3 Å². The number of amides is 2. The Balaban J connectivity index is 1.15. The average Bonchev–Trinajstić information content (AvgIpc) is 3.45. The molecule has 0 aromatic carbocycles. The first-order valence-corrected chi connectivity index (χ1v) is 9.62. The number of carbonyl (C=O) groups is 2. The monoisotopic (exact) mass is 408 g/mol. The van der Waals surface area contributed by atoms with Crippen LogP contribution in [0.4, 0.5) is 0 Å². The van der Waals surface area contributed by atoms with Crippen LogP contribution in [0.3, 0.4) is 0 Å². The minimum absolute atomic E-state index is 0.0989. The highest BCUT2D eigenvalue weighted by Crippen LogP contribution is 2.27. The first-order valence-electron chi connectivity index (χ1n) is 9.62. The van der Waals surface area contributed by atoms with Crippen LogP contribution in [-0.4, -0.2) is 35.0 Å². The van der Waals surface area contributed by atoms with Crippen LogP contribution in [0.15, 0.2) is 73.3 Å². The maximum Gasteiger partial charge on any atom is 0.276 e. The van der Waals surface area contributed by atoms with E-state index >= 15 is 0 Å². The van der Waals surface area contributed by atoms with Crippen LogP contribution in [-0.2, 0) is 16.0 Å². The van der Waals surface area contributed by atoms with Crippen LogP contribution in [0, 0.1) is 5.92 Å². The number of furan rings is 1. The molecule has 10 nitrogen and oxygen atoms in total. The molecular formula is C20H20N6O4. The van der Waals surface area contributed by atoms with Gasteiger partial charge in [-0.3, -0.25) is 9.59 Å². The molecule has 3 heterocycles. The number of aryl methyl sites for hydroxylation is 1. The van der Waals surface area contributed by atoms with Crippen molar-refractivity contribution >= 4 is 11.8 Å². The fourth-order valence-electron chi connectivity index (χ4n) is 3.03. The lowest BCUT2D eigenvalue weighted by Crippen LogP contribution is -2.28. The van der Waals surface area contributed by atoms with Gasteiger partial charge in [0.1, 0.15) is 0 Å². The van der Waals surface area contributed by atoms with Crippen LogP contribution in [0.5, 0.6) is 0 Å². The summed E-state index contributed by atoms with van der Waals surface area (Å²) in [6, 6.07) is 3.48. The highest BCUT2D eigenvalue weighted by Gasteiger charge is 2.26. The Labute approximate surface area is 171 Å². The third kappa shape index (κ3) is 4.59. The van der Waals surface area contributed by atoms with Crippen molar-refractivity contribution in [2.24, 2.45) is 16.1 Å². The van der Waals surface area contributed by atoms with E-state index in [1.54, 1.807) is 18.2 Å². The summed E-state index contributed by atoms with van der Waals surface area (Å²) in [4.78, 5) is 28.0. The van der Waals surface area contributed by atoms with Crippen molar-refractivity contribution in [2.75, 3.05) is 13.1 Å². The second-order valence-electron chi connectivity index (χ2n) is 6.68. The molecule has 1 atom stereocenters. The van der Waals surface area contributed by atoms with E-state index < -0.39 is 0 Å². The SMILES string of the molecule is O=C(CCc1nc(-c2ccco2)no1)NCCCNC1=C2C=CC=CC2C(=O)N=N1. The predicted molar refractivity (Wildman–Crippen MR) is 105 cm³/mol. The Morgan fingerprint density at radius 2 is 2.13 bits per heavy atom. The quantitative estimate of drug-likeness (QED) is 0.608. The Hall–Kier alpha value is -3.82. The largest absolute Gasteiger partial charge is 0.461 e. The second-order valence-corrected chi connectivity index (χ2v) is 6.68. The number of hydrogen-bond acceptors (Lipinski definition) is 8. The summed E-state index contributed by atoms with van der Waals surface area (Å²) in [6.07, 6.45) is 10.2. The summed E-state index contributed by atoms with van der Waals surface area (Å²) in [5.41, 5.74) is 0.815. The molecule has 30 heavy (non-hydrogen) atoms. The standard InChI is InChI=1S/C20H20N6O4/c27-16(8-9-17-23-19(26-30-17)15-7-3-12-29-15)21-10-4-11-22-18-13-5-1-2-6-14(13)20(28)25-24-18/h1-3,5-7,12,14,22H,4,8-11H2,(H,21,27). The molecule has 2 aliphatic rings. The summed E-state index contributed by atoms with van der Waals surface area (Å²) in [7, 11) is 0. The number of nitrogens with zero attached hydrogens (tertiary/aromatic N) is 4. The van der Waals surface area contributed by atoms with Gasteiger partial charge in [-0.2, -0.15) is 4.98 Å². The van der Waals surface area contributed by atoms with Gasteiger partial charge < -0.3 is 19.6 Å². The number of aromatic nitrogens is 2. The van der Waals surface area contributed by atoms with E-state index in [0.29, 0.717) is 49.2 Å². The zero-order chi connectivity index (χ0) is 20.8. The van der Waals surface area contributed by atoms with Crippen molar-refractivity contribution in [3.63, 3.8) is 0 Å². The van der Waals surface area contributed by atoms with E-state index in [1.165, 1.54) is 6.26 Å². The van der Waals surface area contributed by atoms with E-state index in [9.17, 15) is 9.59 Å². The zero-order valence-electron chi connectivity index (χ0n) is 16.1. The smallest absolute Gasteiger partial charge is 0.276 e. The lowest BCUT2D eigenvalue weighted by molar-refractivity contribution is -0.121. The first-order chi connectivity index (χ1) is 14.7. The Bertz CT molecular complexity index is 1030. The molecule has 2 aromatic rings. The fourth-order valence-corrected chi connectivity index (χ4v) is 3.03. The van der Waals surface area contributed by atoms with Gasteiger partial charge in [-0.15, -0.1) is 10.2 Å². The van der Waals surface area contributed by atoms with E-state index in [1.807, 2.05) is 18.2 Å². The third-order valence-electron chi connectivity index (χ3n) is 4.56. The van der Waals surface area contributed by atoms with E-state index in [4.69, 9.17) is 8.94 Å². The zero-order valence-corrected chi connectivity index (χ0v) is 16.1. The maximum atomic E-state index is 12.0. The van der Waals surface area contributed by atoms with Crippen molar-refractivity contribution in [1.29, 1.82) is 0 Å². The number of hydrogen-bond donors (Lipinski definition) is 2. The topological polar surface area (TPSA) is 135 Å². The normalized spacial score (nSPS) is 17.3. The molecule has 0 fully saturated rings. The Morgan fingerprint density at radius 1 is 1.20 bits per heavy atom. The van der Waals surface area contributed by atoms with Crippen LogP contribution in [0.1, 0.15) is 18.7 Å². The molecule has 1 aliphatic carbocycles. The van der Waals surface area contributed by atoms with Gasteiger partial charge in [0.05, 0.1) is 12.2 Å². The van der Waals surface area contributed by atoms with Crippen molar-refractivity contribution in [3.05, 3.63) is 60.0 Å². The third-order valence-corrected chi connectivity index (χ3v) is 4.56. The Kier molecular flexibility index (Phi) is 5.93. The summed E-state index contributed by atoms with van der Waals surface area (Å²) in [5, 5.41) is 17.5. The van der Waals surface area contributed by atoms with E-state index in [0.717, 1.165) is 5.57 Å². The molecule has 0 bridgehead atoms. The van der Waals surface area contributed by atoms with Gasteiger partial charge in [0.2, 0.25) is 17.6 Å². The molecule has 1 aliphatic heterocycles. The minimum Gasteiger partial charge on any atom is -0.461 e. The molecule has 0 saturated carbocycles. The molecule has 1 unspecified atom stereocenters. The summed E-state index contributed by atoms with van der Waals surface area (Å²) < 4.78 is 10.3. The summed E-state index contributed by atoms with van der Waals surface area (Å²) in [5.74, 6) is 1.13. The summed E-state index contributed by atoms with van der Waals surface area (Å²) >= 11 is 0. The number of azo groups is 1. The van der Waals surface area contributed by atoms with Crippen LogP contribution >= 0.6 is 0 Å². The molecule has 154 valence electrons. The van der Waals surface area contributed by atoms with Gasteiger partial charge in [0, 0.05) is 31.5 Å². The van der Waals surface area contributed by atoms with Gasteiger partial charge in [0.15, 0.2) is 11.6 Å². The number of fused-ring (bicyclic) bond motifs is 1. The van der Waals surface area contributed by atoms with Gasteiger partial charge in [-0.05, 0) is 18.6 Å². The highest BCUT2D eigenvalue weighted by molar-refractivity contribution is 5.86. The van der Waals surface area contributed by atoms with Crippen molar-refractivity contribution in [3.8, 4) is 11.6 Å². The molecule has 0 spiro atoms. The maximum absolute atomic E-state index is 12.0. The molecule has 2 aromatic heterocycles. The molecule has 10 heteroatoms. The second kappa shape index (κ2) is 9.12. The number of carbonyl (C=O) groups excluding carboxylic acids is 2. The molecule has 2 N–H and O–H groups in total. The minimum atomic E-state index is -0.368. The highest BCUT2D eigenvalue weighted by atomic mass is 16.5. The lowest BCUT2D eigenvalue weighted by atomic mass is 9.93. The van der Waals surface area contributed by atoms with Crippen molar-refractivity contribution < 1.29 is 18.5 Å². The van der Waals surface area contributed by atoms with Crippen LogP contribution in [0.25, 0.3) is 11.6 Å². The summed E-state index contributed by atoms with van der Waals surface area (Å²) in [6.45, 7) is 1.10. The molecule has 0 radical (unpaired) electrons. The number of allylic oxidation sites excluding steroid dienone is 3. The van der Waals surface area contributed by atoms with Gasteiger partial charge >= 0.3 is 0 Å². The first kappa shape index (κ1) is 19.5. The number of nitrogens with one attached hydrogen (secondary N) is 2. The lowest BCUT2D eigenvalue weighted by Gasteiger charge is -2.20. The van der Waals surface area contributed by atoms with Crippen molar-refractivity contribution in [1.82, 2.24) is 20.8 Å². The molecule has 2 amide bonds. The number of rotatable bonds is 9. The molecular weight excluding hydrogens is 388 g/mol. The average molecular weight is 408 g/mol. The fraction of sp³-hybridized carbons (Fsp3) is 0.300. The Morgan fingerprint density at radius 3 is 3.00 bits per heavy atom. The van der Waals surface area contributed by atoms with Crippen LogP contribution in [0.2, 0.25) is 0 Å². The van der Waals surface area contributed by atoms with Gasteiger partial charge in [-0.1, -0.05) is 29.5 Å². The van der Waals surface area contributed by atoms with Crippen LogP contribution < -0.4 is 10.6 Å². The molecule has 0 saturated heterocycles. The van der Waals surface area contributed by atoms with E-state index in [-0.39, 0.29) is 24.2 Å². The predicted octanol–water partition coefficient (Wildman–Crippen LogP) is 2.30. The van der Waals surface area contributed by atoms with Gasteiger partial charge in [-0.25, -0.2) is 0 Å².